The Balaban J connectivity index is 2.81. The van der Waals surface area contributed by atoms with Crippen LogP contribution < -0.4 is 5.73 Å². The molecule has 1 rings (SSSR count). The Morgan fingerprint density at radius 3 is 2.53 bits per heavy atom. The number of hydrogen-bond acceptors (Lipinski definition) is 3. The average Bonchev–Trinajstić information content (AvgIpc) is 2.30. The molecule has 1 fully saturated rings. The minimum Gasteiger partial charge on any atom is -0.393 e. The van der Waals surface area contributed by atoms with Crippen LogP contribution in [0.4, 0.5) is 0 Å². The summed E-state index contributed by atoms with van der Waals surface area (Å²) in [6, 6.07) is 0. The lowest BCUT2D eigenvalue weighted by atomic mass is 10.0. The van der Waals surface area contributed by atoms with Crippen molar-refractivity contribution in [2.45, 2.75) is 26.7 Å². The largest absolute Gasteiger partial charge is 0.393 e. The summed E-state index contributed by atoms with van der Waals surface area (Å²) in [5.41, 5.74) is 5.61. The number of thiocarbonyl (C=S) groups is 1. The Morgan fingerprint density at radius 2 is 2.06 bits per heavy atom. The van der Waals surface area contributed by atoms with E-state index < -0.39 is 10.2 Å². The second kappa shape index (κ2) is 6.08. The van der Waals surface area contributed by atoms with Crippen LogP contribution in [0.3, 0.4) is 0 Å². The van der Waals surface area contributed by atoms with Crippen molar-refractivity contribution >= 4 is 27.4 Å². The van der Waals surface area contributed by atoms with Crippen molar-refractivity contribution in [3.63, 3.8) is 0 Å². The van der Waals surface area contributed by atoms with E-state index in [-0.39, 0.29) is 5.92 Å². The Morgan fingerprint density at radius 1 is 1.47 bits per heavy atom. The predicted octanol–water partition coefficient (Wildman–Crippen LogP) is 0.571. The van der Waals surface area contributed by atoms with E-state index in [0.717, 1.165) is 12.8 Å². The molecule has 0 aromatic rings. The van der Waals surface area contributed by atoms with Crippen molar-refractivity contribution in [2.24, 2.45) is 11.7 Å². The van der Waals surface area contributed by atoms with Crippen molar-refractivity contribution in [2.75, 3.05) is 26.2 Å². The van der Waals surface area contributed by atoms with Crippen molar-refractivity contribution in [1.82, 2.24) is 8.61 Å². The molecule has 0 aromatic carbocycles. The van der Waals surface area contributed by atoms with Gasteiger partial charge in [-0.15, -0.1) is 0 Å². The van der Waals surface area contributed by atoms with Crippen LogP contribution in [0, 0.1) is 5.92 Å². The predicted molar refractivity (Wildman–Crippen MR) is 72.9 cm³/mol. The van der Waals surface area contributed by atoms with Crippen LogP contribution >= 0.6 is 12.2 Å². The molecule has 7 heteroatoms. The summed E-state index contributed by atoms with van der Waals surface area (Å²) in [5, 5.41) is 0. The molecule has 17 heavy (non-hydrogen) atoms. The first-order valence-corrected chi connectivity index (χ1v) is 7.78. The first-order valence-electron chi connectivity index (χ1n) is 5.98. The summed E-state index contributed by atoms with van der Waals surface area (Å²) in [5.74, 6) is 0.0177. The molecule has 1 heterocycles. The molecule has 0 aromatic heterocycles. The van der Waals surface area contributed by atoms with E-state index in [1.807, 2.05) is 13.8 Å². The van der Waals surface area contributed by atoms with Gasteiger partial charge in [0.2, 0.25) is 0 Å². The Labute approximate surface area is 109 Å². The summed E-state index contributed by atoms with van der Waals surface area (Å²) < 4.78 is 27.5. The second-order valence-corrected chi connectivity index (χ2v) is 6.59. The second-order valence-electron chi connectivity index (χ2n) is 4.19. The van der Waals surface area contributed by atoms with E-state index >= 15 is 0 Å². The molecular formula is C10H21N3O2S2. The SMILES string of the molecule is CCN(CC)S(=O)(=O)N1CCCC(C(N)=S)C1. The van der Waals surface area contributed by atoms with Crippen LogP contribution in [-0.2, 0) is 10.2 Å². The highest BCUT2D eigenvalue weighted by Crippen LogP contribution is 2.21. The van der Waals surface area contributed by atoms with Crippen LogP contribution in [0.2, 0.25) is 0 Å². The van der Waals surface area contributed by atoms with Gasteiger partial charge in [0.25, 0.3) is 10.2 Å². The molecular weight excluding hydrogens is 258 g/mol. The molecule has 100 valence electrons. The van der Waals surface area contributed by atoms with Gasteiger partial charge in [-0.1, -0.05) is 26.1 Å². The first-order chi connectivity index (χ1) is 7.93. The maximum absolute atomic E-state index is 12.3. The van der Waals surface area contributed by atoms with Gasteiger partial charge in [-0.05, 0) is 12.8 Å². The molecule has 1 atom stereocenters. The number of nitrogens with zero attached hydrogens (tertiary/aromatic N) is 2. The average molecular weight is 279 g/mol. The molecule has 0 aliphatic carbocycles. The summed E-state index contributed by atoms with van der Waals surface area (Å²) in [7, 11) is -3.34. The lowest BCUT2D eigenvalue weighted by Gasteiger charge is -2.34. The molecule has 1 aliphatic rings. The van der Waals surface area contributed by atoms with Gasteiger partial charge in [0.05, 0.1) is 4.99 Å². The number of nitrogens with two attached hydrogens (primary N) is 1. The van der Waals surface area contributed by atoms with Gasteiger partial charge in [0, 0.05) is 32.1 Å². The minimum absolute atomic E-state index is 0.0177. The minimum atomic E-state index is -3.34. The molecule has 0 spiro atoms. The Bertz CT molecular complexity index is 366. The fraction of sp³-hybridized carbons (Fsp3) is 0.900. The quantitative estimate of drug-likeness (QED) is 0.747. The standard InChI is InChI=1S/C10H21N3O2S2/c1-3-12(4-2)17(14,15)13-7-5-6-9(8-13)10(11)16/h9H,3-8H2,1-2H3,(H2,11,16). The fourth-order valence-electron chi connectivity index (χ4n) is 2.10. The summed E-state index contributed by atoms with van der Waals surface area (Å²) in [6.45, 7) is 5.67. The van der Waals surface area contributed by atoms with Gasteiger partial charge in [-0.25, -0.2) is 0 Å². The zero-order chi connectivity index (χ0) is 13.1. The molecule has 0 bridgehead atoms. The van der Waals surface area contributed by atoms with Crippen molar-refractivity contribution in [3.05, 3.63) is 0 Å². The zero-order valence-corrected chi connectivity index (χ0v) is 12.1. The molecule has 1 unspecified atom stereocenters. The third-order valence-corrected chi connectivity index (χ3v) is 5.63. The lowest BCUT2D eigenvalue weighted by Crippen LogP contribution is -2.49. The van der Waals surface area contributed by atoms with Gasteiger partial charge in [0.1, 0.15) is 0 Å². The highest BCUT2D eigenvalue weighted by atomic mass is 32.2. The Kier molecular flexibility index (Phi) is 5.30. The molecule has 1 saturated heterocycles. The highest BCUT2D eigenvalue weighted by molar-refractivity contribution is 7.86. The van der Waals surface area contributed by atoms with Crippen LogP contribution in [-0.4, -0.2) is 48.2 Å². The number of hydrogen-bond donors (Lipinski definition) is 1. The topological polar surface area (TPSA) is 66.6 Å². The van der Waals surface area contributed by atoms with Crippen molar-refractivity contribution in [3.8, 4) is 0 Å². The van der Waals surface area contributed by atoms with E-state index in [2.05, 4.69) is 0 Å². The number of piperidine rings is 1. The molecule has 2 N–H and O–H groups in total. The molecule has 0 amide bonds. The van der Waals surface area contributed by atoms with Crippen LogP contribution in [0.5, 0.6) is 0 Å². The highest BCUT2D eigenvalue weighted by Gasteiger charge is 2.32. The summed E-state index contributed by atoms with van der Waals surface area (Å²) in [4.78, 5) is 0.421. The van der Waals surface area contributed by atoms with E-state index in [1.165, 1.54) is 8.61 Å². The van der Waals surface area contributed by atoms with Crippen LogP contribution in [0.1, 0.15) is 26.7 Å². The molecule has 1 aliphatic heterocycles. The third-order valence-electron chi connectivity index (χ3n) is 3.14. The molecule has 0 saturated carbocycles. The van der Waals surface area contributed by atoms with Gasteiger partial charge in [-0.2, -0.15) is 17.0 Å². The smallest absolute Gasteiger partial charge is 0.281 e. The van der Waals surface area contributed by atoms with Crippen molar-refractivity contribution in [1.29, 1.82) is 0 Å². The van der Waals surface area contributed by atoms with Gasteiger partial charge in [-0.3, -0.25) is 0 Å². The molecule has 0 radical (unpaired) electrons. The normalized spacial score (nSPS) is 22.9. The first kappa shape index (κ1) is 14.8. The van der Waals surface area contributed by atoms with Crippen molar-refractivity contribution < 1.29 is 8.42 Å². The van der Waals surface area contributed by atoms with E-state index in [0.29, 0.717) is 31.2 Å². The van der Waals surface area contributed by atoms with Gasteiger partial charge < -0.3 is 5.73 Å². The maximum atomic E-state index is 12.3. The zero-order valence-electron chi connectivity index (χ0n) is 10.4. The monoisotopic (exact) mass is 279 g/mol. The number of rotatable bonds is 5. The Hall–Kier alpha value is -0.240. The summed E-state index contributed by atoms with van der Waals surface area (Å²) in [6.07, 6.45) is 1.71. The maximum Gasteiger partial charge on any atom is 0.281 e. The summed E-state index contributed by atoms with van der Waals surface area (Å²) >= 11 is 4.96. The van der Waals surface area contributed by atoms with E-state index in [4.69, 9.17) is 18.0 Å². The van der Waals surface area contributed by atoms with Crippen LogP contribution in [0.15, 0.2) is 0 Å². The van der Waals surface area contributed by atoms with Gasteiger partial charge >= 0.3 is 0 Å². The fourth-order valence-corrected chi connectivity index (χ4v) is 4.00. The van der Waals surface area contributed by atoms with E-state index in [1.54, 1.807) is 0 Å². The molecule has 5 nitrogen and oxygen atoms in total. The van der Waals surface area contributed by atoms with Crippen LogP contribution in [0.25, 0.3) is 0 Å². The third kappa shape index (κ3) is 3.37. The van der Waals surface area contributed by atoms with Gasteiger partial charge in [0.15, 0.2) is 0 Å². The van der Waals surface area contributed by atoms with E-state index in [9.17, 15) is 8.42 Å². The lowest BCUT2D eigenvalue weighted by molar-refractivity contribution is 0.285.